The van der Waals surface area contributed by atoms with E-state index in [-0.39, 0.29) is 25.0 Å². The van der Waals surface area contributed by atoms with Crippen LogP contribution in [-0.2, 0) is 30.3 Å². The molecule has 1 aromatic carbocycles. The third-order valence-electron chi connectivity index (χ3n) is 8.29. The zero-order valence-electron chi connectivity index (χ0n) is 22.6. The molecule has 2 amide bonds. The summed E-state index contributed by atoms with van der Waals surface area (Å²) in [5.41, 5.74) is -1.68. The first-order valence-electron chi connectivity index (χ1n) is 13.2. The van der Waals surface area contributed by atoms with Gasteiger partial charge in [0.05, 0.1) is 30.8 Å². The lowest BCUT2D eigenvalue weighted by molar-refractivity contribution is -0.162. The highest BCUT2D eigenvalue weighted by Gasteiger charge is 2.79. The Balaban J connectivity index is 1.84. The molecule has 3 fully saturated rings. The lowest BCUT2D eigenvalue weighted by atomic mass is 9.66. The highest BCUT2D eigenvalue weighted by molar-refractivity contribution is 5.99. The Hall–Kier alpha value is -2.71. The minimum Gasteiger partial charge on any atom is -0.466 e. The number of fused-ring (bicyclic) bond motifs is 1. The van der Waals surface area contributed by atoms with Gasteiger partial charge in [0.15, 0.2) is 0 Å². The molecule has 0 saturated carbocycles. The van der Waals surface area contributed by atoms with Gasteiger partial charge in [0, 0.05) is 12.1 Å². The summed E-state index contributed by atoms with van der Waals surface area (Å²) >= 11 is 0. The SMILES string of the molecule is C=CCN(C(=O)C1N([C@@H](CO)Cc2ccccc2)C(=O)[C@@H]2[C@@H](C(=O)OCC)[C@@]3(C)CCC12O3)C(C)(C)C. The smallest absolute Gasteiger partial charge is 0.312 e. The van der Waals surface area contributed by atoms with Crippen LogP contribution < -0.4 is 0 Å². The number of aliphatic hydroxyl groups excluding tert-OH is 1. The summed E-state index contributed by atoms with van der Waals surface area (Å²) in [4.78, 5) is 45.2. The lowest BCUT2D eigenvalue weighted by Crippen LogP contribution is -2.62. The number of rotatable bonds is 9. The molecule has 0 aromatic heterocycles. The zero-order chi connectivity index (χ0) is 27.2. The van der Waals surface area contributed by atoms with Crippen molar-refractivity contribution >= 4 is 17.8 Å². The van der Waals surface area contributed by atoms with Crippen LogP contribution in [0.4, 0.5) is 0 Å². The topological polar surface area (TPSA) is 96.4 Å². The summed E-state index contributed by atoms with van der Waals surface area (Å²) in [6.07, 6.45) is 3.05. The van der Waals surface area contributed by atoms with Crippen LogP contribution in [0.5, 0.6) is 0 Å². The minimum atomic E-state index is -1.17. The summed E-state index contributed by atoms with van der Waals surface area (Å²) in [5, 5.41) is 10.5. The molecule has 1 aromatic rings. The van der Waals surface area contributed by atoms with E-state index in [1.165, 1.54) is 4.90 Å². The number of hydrogen-bond donors (Lipinski definition) is 1. The molecule has 8 nitrogen and oxygen atoms in total. The Kier molecular flexibility index (Phi) is 7.29. The molecular formula is C29H40N2O6. The van der Waals surface area contributed by atoms with Crippen LogP contribution in [0.3, 0.4) is 0 Å². The molecule has 202 valence electrons. The zero-order valence-corrected chi connectivity index (χ0v) is 22.6. The van der Waals surface area contributed by atoms with Crippen molar-refractivity contribution in [2.75, 3.05) is 19.8 Å². The molecule has 3 saturated heterocycles. The third kappa shape index (κ3) is 4.38. The number of carbonyl (C=O) groups is 3. The van der Waals surface area contributed by atoms with Gasteiger partial charge in [-0.1, -0.05) is 36.4 Å². The molecule has 3 aliphatic heterocycles. The molecule has 0 radical (unpaired) electrons. The lowest BCUT2D eigenvalue weighted by Gasteiger charge is -2.43. The molecule has 8 heteroatoms. The predicted octanol–water partition coefficient (Wildman–Crippen LogP) is 2.73. The van der Waals surface area contributed by atoms with Crippen LogP contribution in [0.1, 0.15) is 53.0 Å². The van der Waals surface area contributed by atoms with E-state index in [0.29, 0.717) is 25.8 Å². The Morgan fingerprint density at radius 1 is 1.30 bits per heavy atom. The van der Waals surface area contributed by atoms with E-state index in [0.717, 1.165) is 5.56 Å². The van der Waals surface area contributed by atoms with Gasteiger partial charge in [-0.15, -0.1) is 6.58 Å². The molecule has 37 heavy (non-hydrogen) atoms. The van der Waals surface area contributed by atoms with E-state index in [1.54, 1.807) is 17.9 Å². The van der Waals surface area contributed by atoms with E-state index in [2.05, 4.69) is 6.58 Å². The minimum absolute atomic E-state index is 0.190. The van der Waals surface area contributed by atoms with Crippen LogP contribution in [0, 0.1) is 11.8 Å². The molecule has 1 spiro atoms. The van der Waals surface area contributed by atoms with Gasteiger partial charge < -0.3 is 24.4 Å². The van der Waals surface area contributed by atoms with Crippen molar-refractivity contribution in [1.29, 1.82) is 0 Å². The number of nitrogens with zero attached hydrogens (tertiary/aromatic N) is 2. The van der Waals surface area contributed by atoms with Crippen molar-refractivity contribution in [3.8, 4) is 0 Å². The Bertz CT molecular complexity index is 1050. The normalized spacial score (nSPS) is 31.2. The number of benzene rings is 1. The largest absolute Gasteiger partial charge is 0.466 e. The number of carbonyl (C=O) groups excluding carboxylic acids is 3. The number of likely N-dealkylation sites (tertiary alicyclic amines) is 1. The first kappa shape index (κ1) is 27.3. The molecule has 3 heterocycles. The fourth-order valence-corrected chi connectivity index (χ4v) is 6.73. The van der Waals surface area contributed by atoms with Gasteiger partial charge in [-0.3, -0.25) is 14.4 Å². The van der Waals surface area contributed by atoms with Crippen molar-refractivity contribution in [1.82, 2.24) is 9.80 Å². The van der Waals surface area contributed by atoms with E-state index >= 15 is 0 Å². The fourth-order valence-electron chi connectivity index (χ4n) is 6.73. The second kappa shape index (κ2) is 9.87. The quantitative estimate of drug-likeness (QED) is 0.404. The second-order valence-electron chi connectivity index (χ2n) is 11.7. The summed E-state index contributed by atoms with van der Waals surface area (Å²) in [6.45, 7) is 13.4. The molecule has 6 atom stereocenters. The number of hydrogen-bond acceptors (Lipinski definition) is 6. The molecule has 2 bridgehead atoms. The molecule has 4 rings (SSSR count). The van der Waals surface area contributed by atoms with Crippen LogP contribution in [0.2, 0.25) is 0 Å². The van der Waals surface area contributed by atoms with Crippen molar-refractivity contribution in [3.63, 3.8) is 0 Å². The van der Waals surface area contributed by atoms with Crippen LogP contribution >= 0.6 is 0 Å². The number of aliphatic hydroxyl groups is 1. The summed E-state index contributed by atoms with van der Waals surface area (Å²) in [6, 6.07) is 7.94. The monoisotopic (exact) mass is 512 g/mol. The van der Waals surface area contributed by atoms with Crippen LogP contribution in [0.15, 0.2) is 43.0 Å². The van der Waals surface area contributed by atoms with Crippen molar-refractivity contribution in [3.05, 3.63) is 48.6 Å². The van der Waals surface area contributed by atoms with E-state index in [4.69, 9.17) is 9.47 Å². The van der Waals surface area contributed by atoms with Gasteiger partial charge in [0.2, 0.25) is 11.8 Å². The number of ether oxygens (including phenoxy) is 2. The fraction of sp³-hybridized carbons (Fsp3) is 0.621. The molecule has 1 N–H and O–H groups in total. The van der Waals surface area contributed by atoms with Crippen molar-refractivity contribution in [2.24, 2.45) is 11.8 Å². The second-order valence-corrected chi connectivity index (χ2v) is 11.7. The maximum absolute atomic E-state index is 14.4. The number of amides is 2. The van der Waals surface area contributed by atoms with Gasteiger partial charge in [-0.25, -0.2) is 0 Å². The molecule has 3 aliphatic rings. The highest BCUT2D eigenvalue weighted by Crippen LogP contribution is 2.63. The third-order valence-corrected chi connectivity index (χ3v) is 8.29. The highest BCUT2D eigenvalue weighted by atomic mass is 16.6. The summed E-state index contributed by atoms with van der Waals surface area (Å²) in [7, 11) is 0. The van der Waals surface area contributed by atoms with Gasteiger partial charge in [0.1, 0.15) is 17.6 Å². The maximum Gasteiger partial charge on any atom is 0.312 e. The number of esters is 1. The molecule has 0 aliphatic carbocycles. The Labute approximate surface area is 219 Å². The first-order chi connectivity index (χ1) is 17.4. The molecule has 2 unspecified atom stereocenters. The summed E-state index contributed by atoms with van der Waals surface area (Å²) in [5.74, 6) is -2.73. The Morgan fingerprint density at radius 3 is 2.54 bits per heavy atom. The van der Waals surface area contributed by atoms with Gasteiger partial charge in [0.25, 0.3) is 0 Å². The first-order valence-corrected chi connectivity index (χ1v) is 13.2. The van der Waals surface area contributed by atoms with Gasteiger partial charge in [-0.2, -0.15) is 0 Å². The van der Waals surface area contributed by atoms with Crippen molar-refractivity contribution in [2.45, 2.75) is 82.7 Å². The van der Waals surface area contributed by atoms with Crippen LogP contribution in [-0.4, -0.2) is 81.3 Å². The van der Waals surface area contributed by atoms with Crippen molar-refractivity contribution < 1.29 is 29.0 Å². The summed E-state index contributed by atoms with van der Waals surface area (Å²) < 4.78 is 12.1. The van der Waals surface area contributed by atoms with E-state index in [9.17, 15) is 19.5 Å². The van der Waals surface area contributed by atoms with E-state index < -0.39 is 46.6 Å². The van der Waals surface area contributed by atoms with E-state index in [1.807, 2.05) is 58.0 Å². The van der Waals surface area contributed by atoms with Gasteiger partial charge in [-0.05, 0) is 59.4 Å². The predicted molar refractivity (Wildman–Crippen MR) is 138 cm³/mol. The standard InChI is InChI=1S/C29H40N2O6/c1-7-16-30(27(3,4)5)25(34)23-29-15-14-28(6,37-29)22(26(35)36-8-2)21(29)24(33)31(23)20(18-32)17-19-12-10-9-11-13-19/h7,9-13,20-23,32H,1,8,14-18H2,2-6H3/t20-,21+,22+,23?,28-,29?/m1/s1. The van der Waals surface area contributed by atoms with Crippen LogP contribution in [0.25, 0.3) is 0 Å². The average molecular weight is 513 g/mol. The van der Waals surface area contributed by atoms with Gasteiger partial charge >= 0.3 is 5.97 Å². The maximum atomic E-state index is 14.4. The molecular weight excluding hydrogens is 472 g/mol. The average Bonchev–Trinajstić information content (AvgIpc) is 3.41. The Morgan fingerprint density at radius 2 is 1.97 bits per heavy atom.